The molecule has 1 fully saturated rings. The molecule has 3 aromatic rings. The standard InChI is InChI=1S/C28H28O6S/c1-18-8-12-21(13-9-18)26(29)33-17-23-24(34-27(30)22-14-10-19(2)11-15-22)25(28(31)35-23)32-16-20-6-4-3-5-7-20/h3-15,23-25,28,31H,16-17H2,1-2H3/t23-,24-,25?,28?/m0/s1. The molecule has 0 aliphatic carbocycles. The number of benzene rings is 3. The summed E-state index contributed by atoms with van der Waals surface area (Å²) in [6.07, 6.45) is -1.59. The second-order valence-electron chi connectivity index (χ2n) is 8.53. The zero-order chi connectivity index (χ0) is 24.8. The van der Waals surface area contributed by atoms with Crippen molar-refractivity contribution in [3.05, 3.63) is 107 Å². The van der Waals surface area contributed by atoms with Gasteiger partial charge in [0.05, 0.1) is 23.0 Å². The van der Waals surface area contributed by atoms with Gasteiger partial charge >= 0.3 is 11.9 Å². The quantitative estimate of drug-likeness (QED) is 0.456. The van der Waals surface area contributed by atoms with Crippen molar-refractivity contribution in [1.82, 2.24) is 0 Å². The van der Waals surface area contributed by atoms with Crippen LogP contribution in [0.2, 0.25) is 0 Å². The van der Waals surface area contributed by atoms with E-state index in [2.05, 4.69) is 0 Å². The van der Waals surface area contributed by atoms with E-state index < -0.39 is 34.8 Å². The van der Waals surface area contributed by atoms with E-state index in [0.717, 1.165) is 16.7 Å². The first-order valence-corrected chi connectivity index (χ1v) is 12.4. The van der Waals surface area contributed by atoms with Gasteiger partial charge in [-0.2, -0.15) is 0 Å². The second-order valence-corrected chi connectivity index (χ2v) is 9.89. The number of carbonyl (C=O) groups excluding carboxylic acids is 2. The summed E-state index contributed by atoms with van der Waals surface area (Å²) >= 11 is 1.17. The molecule has 35 heavy (non-hydrogen) atoms. The summed E-state index contributed by atoms with van der Waals surface area (Å²) in [5.41, 5.74) is 2.89. The number of hydrogen-bond donors (Lipinski definition) is 1. The van der Waals surface area contributed by atoms with E-state index in [-0.39, 0.29) is 13.2 Å². The van der Waals surface area contributed by atoms with E-state index in [1.54, 1.807) is 24.3 Å². The van der Waals surface area contributed by atoms with Crippen molar-refractivity contribution in [3.8, 4) is 0 Å². The van der Waals surface area contributed by atoms with E-state index in [4.69, 9.17) is 14.2 Å². The van der Waals surface area contributed by atoms with Gasteiger partial charge in [0, 0.05) is 0 Å². The average Bonchev–Trinajstić information content (AvgIpc) is 3.16. The Hall–Kier alpha value is -3.13. The first-order chi connectivity index (χ1) is 16.9. The average molecular weight is 493 g/mol. The molecular weight excluding hydrogens is 464 g/mol. The molecule has 0 saturated carbocycles. The van der Waals surface area contributed by atoms with Crippen molar-refractivity contribution in [3.63, 3.8) is 0 Å². The van der Waals surface area contributed by atoms with E-state index >= 15 is 0 Å². The fraction of sp³-hybridized carbons (Fsp3) is 0.286. The third-order valence-corrected chi connectivity index (χ3v) is 7.07. The van der Waals surface area contributed by atoms with E-state index in [0.29, 0.717) is 11.1 Å². The Balaban J connectivity index is 1.47. The van der Waals surface area contributed by atoms with Crippen LogP contribution in [0.4, 0.5) is 0 Å². The minimum atomic E-state index is -0.947. The molecule has 1 aliphatic heterocycles. The molecule has 182 valence electrons. The van der Waals surface area contributed by atoms with Crippen LogP contribution in [0.3, 0.4) is 0 Å². The molecule has 2 unspecified atom stereocenters. The predicted molar refractivity (Wildman–Crippen MR) is 134 cm³/mol. The Kier molecular flexibility index (Phi) is 8.23. The molecular formula is C28H28O6S. The zero-order valence-corrected chi connectivity index (χ0v) is 20.4. The van der Waals surface area contributed by atoms with Crippen LogP contribution < -0.4 is 0 Å². The zero-order valence-electron chi connectivity index (χ0n) is 19.6. The van der Waals surface area contributed by atoms with Gasteiger partial charge in [-0.15, -0.1) is 11.8 Å². The summed E-state index contributed by atoms with van der Waals surface area (Å²) in [5, 5.41) is 10.3. The number of thioether (sulfide) groups is 1. The third kappa shape index (κ3) is 6.51. The van der Waals surface area contributed by atoms with Gasteiger partial charge in [0.15, 0.2) is 0 Å². The number of esters is 2. The molecule has 0 aromatic heterocycles. The fourth-order valence-electron chi connectivity index (χ4n) is 3.74. The van der Waals surface area contributed by atoms with Crippen LogP contribution in [0.15, 0.2) is 78.9 Å². The van der Waals surface area contributed by atoms with E-state index in [9.17, 15) is 14.7 Å². The summed E-state index contributed by atoms with van der Waals surface area (Å²) in [6.45, 7) is 4.09. The highest BCUT2D eigenvalue weighted by molar-refractivity contribution is 8.00. The summed E-state index contributed by atoms with van der Waals surface area (Å²) in [5.74, 6) is -0.995. The normalized spacial score (nSPS) is 21.5. The highest BCUT2D eigenvalue weighted by Crippen LogP contribution is 2.38. The Morgan fingerprint density at radius 3 is 1.97 bits per heavy atom. The SMILES string of the molecule is Cc1ccc(C(=O)OC[C@@H]2SC(O)C(OCc3ccccc3)[C@H]2OC(=O)c2ccc(C)cc2)cc1. The lowest BCUT2D eigenvalue weighted by Gasteiger charge is -2.25. The number of aryl methyl sites for hydroxylation is 2. The second kappa shape index (κ2) is 11.5. The molecule has 0 spiro atoms. The molecule has 4 rings (SSSR count). The lowest BCUT2D eigenvalue weighted by Crippen LogP contribution is -2.40. The predicted octanol–water partition coefficient (Wildman–Crippen LogP) is 4.71. The molecule has 1 N–H and O–H groups in total. The van der Waals surface area contributed by atoms with Crippen LogP contribution in [0.1, 0.15) is 37.4 Å². The minimum Gasteiger partial charge on any atom is -0.461 e. The van der Waals surface area contributed by atoms with Crippen LogP contribution >= 0.6 is 11.8 Å². The van der Waals surface area contributed by atoms with Crippen molar-refractivity contribution in [2.24, 2.45) is 0 Å². The molecule has 0 amide bonds. The van der Waals surface area contributed by atoms with E-state index in [1.807, 2.05) is 68.4 Å². The van der Waals surface area contributed by atoms with Gasteiger partial charge in [-0.3, -0.25) is 0 Å². The lowest BCUT2D eigenvalue weighted by molar-refractivity contribution is -0.0821. The minimum absolute atomic E-state index is 0.0362. The van der Waals surface area contributed by atoms with Gasteiger partial charge in [0.25, 0.3) is 0 Å². The summed E-state index contributed by atoms with van der Waals surface area (Å²) < 4.78 is 17.4. The molecule has 1 saturated heterocycles. The number of carbonyl (C=O) groups is 2. The Bertz CT molecular complexity index is 1130. The van der Waals surface area contributed by atoms with Crippen LogP contribution in [-0.4, -0.2) is 46.5 Å². The van der Waals surface area contributed by atoms with Crippen LogP contribution in [0, 0.1) is 13.8 Å². The summed E-state index contributed by atoms with van der Waals surface area (Å²) in [7, 11) is 0. The molecule has 4 atom stereocenters. The first kappa shape index (κ1) is 25.0. The molecule has 6 nitrogen and oxygen atoms in total. The number of hydrogen-bond acceptors (Lipinski definition) is 7. The smallest absolute Gasteiger partial charge is 0.338 e. The van der Waals surface area contributed by atoms with Gasteiger partial charge in [-0.1, -0.05) is 65.7 Å². The molecule has 0 radical (unpaired) electrons. The Morgan fingerprint density at radius 2 is 1.37 bits per heavy atom. The first-order valence-electron chi connectivity index (χ1n) is 11.4. The fourth-order valence-corrected chi connectivity index (χ4v) is 5.00. The Labute approximate surface area is 209 Å². The number of aliphatic hydroxyl groups excluding tert-OH is 1. The number of ether oxygens (including phenoxy) is 3. The van der Waals surface area contributed by atoms with Gasteiger partial charge in [0.1, 0.15) is 24.3 Å². The highest BCUT2D eigenvalue weighted by Gasteiger charge is 2.47. The highest BCUT2D eigenvalue weighted by atomic mass is 32.2. The number of aliphatic hydroxyl groups is 1. The van der Waals surface area contributed by atoms with E-state index in [1.165, 1.54) is 11.8 Å². The molecule has 1 aliphatic rings. The van der Waals surface area contributed by atoms with Crippen molar-refractivity contribution >= 4 is 23.7 Å². The van der Waals surface area contributed by atoms with Crippen LogP contribution in [0.25, 0.3) is 0 Å². The molecule has 1 heterocycles. The van der Waals surface area contributed by atoms with Gasteiger partial charge < -0.3 is 19.3 Å². The maximum absolute atomic E-state index is 12.9. The summed E-state index contributed by atoms with van der Waals surface area (Å²) in [6, 6.07) is 23.7. The molecule has 3 aromatic carbocycles. The van der Waals surface area contributed by atoms with Gasteiger partial charge in [0.2, 0.25) is 0 Å². The maximum atomic E-state index is 12.9. The third-order valence-electron chi connectivity index (χ3n) is 5.77. The Morgan fingerprint density at radius 1 is 0.800 bits per heavy atom. The van der Waals surface area contributed by atoms with Crippen LogP contribution in [0.5, 0.6) is 0 Å². The summed E-state index contributed by atoms with van der Waals surface area (Å²) in [4.78, 5) is 25.4. The van der Waals surface area contributed by atoms with Crippen molar-refractivity contribution in [1.29, 1.82) is 0 Å². The molecule has 7 heteroatoms. The lowest BCUT2D eigenvalue weighted by atomic mass is 10.1. The van der Waals surface area contributed by atoms with Crippen molar-refractivity contribution in [2.45, 2.75) is 43.3 Å². The number of rotatable bonds is 8. The maximum Gasteiger partial charge on any atom is 0.338 e. The van der Waals surface area contributed by atoms with Gasteiger partial charge in [-0.25, -0.2) is 9.59 Å². The van der Waals surface area contributed by atoms with Crippen molar-refractivity contribution in [2.75, 3.05) is 6.61 Å². The van der Waals surface area contributed by atoms with Crippen LogP contribution in [-0.2, 0) is 20.8 Å². The monoisotopic (exact) mass is 492 g/mol. The molecule has 0 bridgehead atoms. The topological polar surface area (TPSA) is 82.1 Å². The van der Waals surface area contributed by atoms with Gasteiger partial charge in [-0.05, 0) is 43.7 Å². The van der Waals surface area contributed by atoms with Crippen molar-refractivity contribution < 1.29 is 28.9 Å². The largest absolute Gasteiger partial charge is 0.461 e.